The lowest BCUT2D eigenvalue weighted by molar-refractivity contribution is 1.18. The summed E-state index contributed by atoms with van der Waals surface area (Å²) in [5.74, 6) is 0. The Morgan fingerprint density at radius 1 is 0.259 bits per heavy atom. The fourth-order valence-corrected chi connectivity index (χ4v) is 10.0. The van der Waals surface area contributed by atoms with Crippen molar-refractivity contribution in [3.63, 3.8) is 0 Å². The van der Waals surface area contributed by atoms with E-state index in [2.05, 4.69) is 215 Å². The summed E-state index contributed by atoms with van der Waals surface area (Å²) >= 11 is 0. The van der Waals surface area contributed by atoms with Crippen molar-refractivity contribution in [2.24, 2.45) is 0 Å². The Labute approximate surface area is 335 Å². The van der Waals surface area contributed by atoms with Gasteiger partial charge in [0, 0.05) is 38.3 Å². The van der Waals surface area contributed by atoms with E-state index in [4.69, 9.17) is 0 Å². The third kappa shape index (κ3) is 4.43. The van der Waals surface area contributed by atoms with Crippen LogP contribution < -0.4 is 0 Å². The summed E-state index contributed by atoms with van der Waals surface area (Å²) in [6, 6.07) is 76.3. The molecule has 0 saturated heterocycles. The molecule has 0 atom stereocenters. The molecular formula is C56H34N2. The van der Waals surface area contributed by atoms with Gasteiger partial charge in [0.25, 0.3) is 0 Å². The summed E-state index contributed by atoms with van der Waals surface area (Å²) < 4.78 is 4.90. The van der Waals surface area contributed by atoms with Crippen LogP contribution in [0.15, 0.2) is 206 Å². The van der Waals surface area contributed by atoms with Crippen LogP contribution >= 0.6 is 0 Å². The van der Waals surface area contributed by atoms with Crippen LogP contribution in [0.1, 0.15) is 0 Å². The highest BCUT2D eigenvalue weighted by atomic mass is 15.0. The van der Waals surface area contributed by atoms with Crippen LogP contribution in [0.5, 0.6) is 0 Å². The molecule has 10 aromatic carbocycles. The molecule has 0 N–H and O–H groups in total. The van der Waals surface area contributed by atoms with E-state index >= 15 is 0 Å². The summed E-state index contributed by atoms with van der Waals surface area (Å²) in [6.07, 6.45) is 0. The smallest absolute Gasteiger partial charge is 0.0619 e. The number of rotatable bonds is 4. The van der Waals surface area contributed by atoms with Gasteiger partial charge in [0.2, 0.25) is 0 Å². The Balaban J connectivity index is 0.988. The van der Waals surface area contributed by atoms with Crippen molar-refractivity contribution in [1.82, 2.24) is 9.13 Å². The second kappa shape index (κ2) is 11.9. The van der Waals surface area contributed by atoms with Crippen LogP contribution in [0.2, 0.25) is 0 Å². The summed E-state index contributed by atoms with van der Waals surface area (Å²) in [7, 11) is 0. The minimum Gasteiger partial charge on any atom is -0.309 e. The average Bonchev–Trinajstić information content (AvgIpc) is 3.93. The predicted octanol–water partition coefficient (Wildman–Crippen LogP) is 15.2. The van der Waals surface area contributed by atoms with E-state index in [1.807, 2.05) is 0 Å². The highest BCUT2D eigenvalue weighted by molar-refractivity contribution is 6.20. The van der Waals surface area contributed by atoms with Gasteiger partial charge in [0.1, 0.15) is 0 Å². The number of hydrogen-bond acceptors (Lipinski definition) is 0. The summed E-state index contributed by atoms with van der Waals surface area (Å²) in [6.45, 7) is 0. The van der Waals surface area contributed by atoms with E-state index in [1.165, 1.54) is 115 Å². The minimum absolute atomic E-state index is 1.16. The topological polar surface area (TPSA) is 9.86 Å². The highest BCUT2D eigenvalue weighted by Gasteiger charge is 2.23. The van der Waals surface area contributed by atoms with Gasteiger partial charge in [-0.05, 0) is 115 Å². The molecular weight excluding hydrogens is 701 g/mol. The SMILES string of the molecule is c1ccc(-c2ccc(-n3c4ccccc4c4cc(-c5ccc6c(c5)c5ccc7ccccc7c5n6-c5ccc6c(c5)-c5cccc7cccc-6c57)ccc43)cc2)cc1. The third-order valence-corrected chi connectivity index (χ3v) is 12.6. The van der Waals surface area contributed by atoms with Gasteiger partial charge in [-0.15, -0.1) is 0 Å². The van der Waals surface area contributed by atoms with Crippen molar-refractivity contribution in [1.29, 1.82) is 0 Å². The van der Waals surface area contributed by atoms with E-state index in [0.29, 0.717) is 0 Å². The van der Waals surface area contributed by atoms with Crippen LogP contribution in [0.3, 0.4) is 0 Å². The first-order chi connectivity index (χ1) is 28.8. The number of aromatic nitrogens is 2. The van der Waals surface area contributed by atoms with Crippen LogP contribution in [0.4, 0.5) is 0 Å². The number of para-hydroxylation sites is 1. The third-order valence-electron chi connectivity index (χ3n) is 12.6. The van der Waals surface area contributed by atoms with Crippen molar-refractivity contribution < 1.29 is 0 Å². The Morgan fingerprint density at radius 2 is 0.845 bits per heavy atom. The molecule has 13 rings (SSSR count). The zero-order chi connectivity index (χ0) is 37.9. The number of benzene rings is 10. The maximum atomic E-state index is 2.50. The average molecular weight is 735 g/mol. The standard InChI is InChI=1S/C56H34N2/c1-2-10-35(11-3-1)36-20-25-41(26-21-36)57-52-19-7-6-16-45(52)50-32-39(23-30-53(50)57)40-24-31-54-51(33-40)48-28-22-37-12-4-5-15-43(37)56(48)58(54)42-27-29-44-46-17-8-13-38-14-9-18-47(55(38)46)49(44)34-42/h1-34H. The number of fused-ring (bicyclic) bond motifs is 11. The monoisotopic (exact) mass is 734 g/mol. The lowest BCUT2D eigenvalue weighted by Crippen LogP contribution is -1.95. The first-order valence-corrected chi connectivity index (χ1v) is 20.1. The number of hydrogen-bond donors (Lipinski definition) is 0. The molecule has 0 aliphatic heterocycles. The molecule has 2 heterocycles. The summed E-state index contributed by atoms with van der Waals surface area (Å²) in [4.78, 5) is 0. The Kier molecular flexibility index (Phi) is 6.47. The summed E-state index contributed by atoms with van der Waals surface area (Å²) in [5.41, 5.74) is 17.3. The molecule has 268 valence electrons. The molecule has 0 fully saturated rings. The zero-order valence-corrected chi connectivity index (χ0v) is 31.5. The highest BCUT2D eigenvalue weighted by Crippen LogP contribution is 2.49. The van der Waals surface area contributed by atoms with Crippen LogP contribution in [-0.2, 0) is 0 Å². The molecule has 0 unspecified atom stereocenters. The molecule has 1 aliphatic carbocycles. The molecule has 0 amide bonds. The van der Waals surface area contributed by atoms with Crippen molar-refractivity contribution in [2.75, 3.05) is 0 Å². The molecule has 2 heteroatoms. The van der Waals surface area contributed by atoms with E-state index < -0.39 is 0 Å². The number of nitrogens with zero attached hydrogens (tertiary/aromatic N) is 2. The van der Waals surface area contributed by atoms with Crippen molar-refractivity contribution in [2.45, 2.75) is 0 Å². The van der Waals surface area contributed by atoms with Gasteiger partial charge < -0.3 is 9.13 Å². The van der Waals surface area contributed by atoms with Gasteiger partial charge in [-0.3, -0.25) is 0 Å². The first-order valence-electron chi connectivity index (χ1n) is 20.1. The van der Waals surface area contributed by atoms with Crippen molar-refractivity contribution in [3.8, 4) is 55.9 Å². The van der Waals surface area contributed by atoms with E-state index in [1.54, 1.807) is 0 Å². The largest absolute Gasteiger partial charge is 0.309 e. The van der Waals surface area contributed by atoms with Crippen LogP contribution in [0.25, 0.3) is 121 Å². The van der Waals surface area contributed by atoms with Crippen molar-refractivity contribution in [3.05, 3.63) is 206 Å². The van der Waals surface area contributed by atoms with E-state index in [-0.39, 0.29) is 0 Å². The lowest BCUT2D eigenvalue weighted by Gasteiger charge is -2.13. The molecule has 2 aromatic heterocycles. The molecule has 0 radical (unpaired) electrons. The Hall–Kier alpha value is -7.68. The van der Waals surface area contributed by atoms with Gasteiger partial charge in [-0.1, -0.05) is 152 Å². The molecule has 0 spiro atoms. The molecule has 1 aliphatic rings. The lowest BCUT2D eigenvalue weighted by atomic mass is 10.00. The predicted molar refractivity (Wildman–Crippen MR) is 245 cm³/mol. The van der Waals surface area contributed by atoms with E-state index in [0.717, 1.165) is 5.69 Å². The zero-order valence-electron chi connectivity index (χ0n) is 31.5. The molecule has 58 heavy (non-hydrogen) atoms. The first kappa shape index (κ1) is 31.5. The van der Waals surface area contributed by atoms with Gasteiger partial charge in [0.05, 0.1) is 22.1 Å². The maximum Gasteiger partial charge on any atom is 0.0619 e. The normalized spacial score (nSPS) is 12.1. The quantitative estimate of drug-likeness (QED) is 0.170. The van der Waals surface area contributed by atoms with E-state index in [9.17, 15) is 0 Å². The van der Waals surface area contributed by atoms with Gasteiger partial charge in [-0.25, -0.2) is 0 Å². The molecule has 2 nitrogen and oxygen atoms in total. The maximum absolute atomic E-state index is 2.50. The van der Waals surface area contributed by atoms with Gasteiger partial charge >= 0.3 is 0 Å². The minimum atomic E-state index is 1.16. The van der Waals surface area contributed by atoms with Gasteiger partial charge in [0.15, 0.2) is 0 Å². The second-order valence-electron chi connectivity index (χ2n) is 15.7. The Morgan fingerprint density at radius 3 is 1.64 bits per heavy atom. The van der Waals surface area contributed by atoms with Crippen LogP contribution in [0, 0.1) is 0 Å². The fourth-order valence-electron chi connectivity index (χ4n) is 10.0. The molecule has 0 bridgehead atoms. The Bertz CT molecular complexity index is 3650. The van der Waals surface area contributed by atoms with Crippen LogP contribution in [-0.4, -0.2) is 9.13 Å². The van der Waals surface area contributed by atoms with Crippen molar-refractivity contribution >= 4 is 65.2 Å². The van der Waals surface area contributed by atoms with Gasteiger partial charge in [-0.2, -0.15) is 0 Å². The fraction of sp³-hybridized carbons (Fsp3) is 0. The summed E-state index contributed by atoms with van der Waals surface area (Å²) in [5, 5.41) is 10.2. The molecule has 12 aromatic rings. The molecule has 0 saturated carbocycles. The second-order valence-corrected chi connectivity index (χ2v) is 15.7.